The summed E-state index contributed by atoms with van der Waals surface area (Å²) >= 11 is 11.9. The normalized spacial score (nSPS) is 12.2. The van der Waals surface area contributed by atoms with Crippen molar-refractivity contribution >= 4 is 40.1 Å². The van der Waals surface area contributed by atoms with Gasteiger partial charge in [-0.3, -0.25) is 4.79 Å². The van der Waals surface area contributed by atoms with Crippen molar-refractivity contribution < 1.29 is 41.3 Å². The number of benzene rings is 3. The Morgan fingerprint density at radius 2 is 1.61 bits per heavy atom. The van der Waals surface area contributed by atoms with E-state index >= 15 is 0 Å². The minimum absolute atomic E-state index is 0.0386. The molecule has 12 heteroatoms. The predicted octanol–water partition coefficient (Wildman–Crippen LogP) is 7.29. The number of carbonyl (C=O) groups is 1. The van der Waals surface area contributed by atoms with E-state index in [9.17, 15) is 22.8 Å². The molecule has 198 valence electrons. The number of carbonyl (C=O) groups excluding carboxylic acids is 1. The summed E-state index contributed by atoms with van der Waals surface area (Å²) in [5.74, 6) is -3.18. The monoisotopic (exact) mass is 568 g/mol. The molecule has 3 aromatic carbocycles. The number of ether oxygens (including phenoxy) is 4. The first-order chi connectivity index (χ1) is 18.0. The van der Waals surface area contributed by atoms with Crippen LogP contribution in [0.2, 0.25) is 10.0 Å². The lowest BCUT2D eigenvalue weighted by molar-refractivity contribution is -0.154. The zero-order valence-corrected chi connectivity index (χ0v) is 21.1. The lowest BCUT2D eigenvalue weighted by Gasteiger charge is -2.16. The molecule has 1 atom stereocenters. The Morgan fingerprint density at radius 1 is 0.947 bits per heavy atom. The number of hydrogen-bond acceptors (Lipinski definition) is 7. The van der Waals surface area contributed by atoms with Gasteiger partial charge in [-0.15, -0.1) is 0 Å². The van der Waals surface area contributed by atoms with Crippen LogP contribution in [0.15, 0.2) is 69.9 Å². The van der Waals surface area contributed by atoms with E-state index in [0.717, 1.165) is 12.1 Å². The van der Waals surface area contributed by atoms with Crippen LogP contribution in [0.3, 0.4) is 0 Å². The van der Waals surface area contributed by atoms with Gasteiger partial charge in [0.25, 0.3) is 5.76 Å². The highest BCUT2D eigenvalue weighted by Gasteiger charge is 2.40. The quantitative estimate of drug-likeness (QED) is 0.171. The maximum atomic E-state index is 13.8. The van der Waals surface area contributed by atoms with Crippen molar-refractivity contribution in [1.29, 1.82) is 0 Å². The average molecular weight is 569 g/mol. The molecular weight excluding hydrogens is 552 g/mol. The van der Waals surface area contributed by atoms with E-state index in [0.29, 0.717) is 10.8 Å². The Hall–Kier alpha value is -3.89. The smallest absolute Gasteiger partial charge is 0.453 e. The Kier molecular flexibility index (Phi) is 7.75. The maximum Gasteiger partial charge on any atom is 0.453 e. The number of rotatable bonds is 7. The molecule has 0 fully saturated rings. The molecule has 0 aliphatic heterocycles. The second-order valence-electron chi connectivity index (χ2n) is 7.78. The van der Waals surface area contributed by atoms with Crippen molar-refractivity contribution in [3.63, 3.8) is 0 Å². The van der Waals surface area contributed by atoms with Crippen LogP contribution in [0, 0.1) is 0 Å². The molecule has 4 aromatic rings. The Balaban J connectivity index is 1.62. The van der Waals surface area contributed by atoms with Crippen LogP contribution in [-0.2, 0) is 11.0 Å². The van der Waals surface area contributed by atoms with Crippen molar-refractivity contribution in [2.75, 3.05) is 7.11 Å². The summed E-state index contributed by atoms with van der Waals surface area (Å²) in [4.78, 5) is 25.5. The summed E-state index contributed by atoms with van der Waals surface area (Å²) in [6, 6.07) is 13.4. The van der Waals surface area contributed by atoms with E-state index in [2.05, 4.69) is 0 Å². The summed E-state index contributed by atoms with van der Waals surface area (Å²) in [5, 5.41) is 0.307. The summed E-state index contributed by atoms with van der Waals surface area (Å²) < 4.78 is 67.4. The topological polar surface area (TPSA) is 84.2 Å². The van der Waals surface area contributed by atoms with Crippen molar-refractivity contribution in [3.8, 4) is 28.7 Å². The molecule has 0 spiro atoms. The van der Waals surface area contributed by atoms with Gasteiger partial charge < -0.3 is 23.4 Å². The second-order valence-corrected chi connectivity index (χ2v) is 8.62. The van der Waals surface area contributed by atoms with Crippen LogP contribution < -0.4 is 24.4 Å². The number of hydrogen-bond donors (Lipinski definition) is 0. The van der Waals surface area contributed by atoms with Gasteiger partial charge in [0, 0.05) is 11.1 Å². The first-order valence-electron chi connectivity index (χ1n) is 10.8. The van der Waals surface area contributed by atoms with E-state index in [1.807, 2.05) is 0 Å². The zero-order valence-electron chi connectivity index (χ0n) is 19.6. The van der Waals surface area contributed by atoms with Gasteiger partial charge in [-0.05, 0) is 61.5 Å². The lowest BCUT2D eigenvalue weighted by atomic mass is 10.2. The van der Waals surface area contributed by atoms with E-state index in [1.165, 1.54) is 62.6 Å². The van der Waals surface area contributed by atoms with Gasteiger partial charge in [0.15, 0.2) is 6.10 Å². The van der Waals surface area contributed by atoms with Gasteiger partial charge in [0.2, 0.25) is 11.2 Å². The zero-order chi connectivity index (χ0) is 27.6. The van der Waals surface area contributed by atoms with Gasteiger partial charge in [-0.1, -0.05) is 23.2 Å². The fraction of sp³-hybridized carbons (Fsp3) is 0.154. The van der Waals surface area contributed by atoms with Crippen LogP contribution >= 0.6 is 23.2 Å². The largest absolute Gasteiger partial charge is 0.497 e. The van der Waals surface area contributed by atoms with E-state index in [-0.39, 0.29) is 27.7 Å². The molecule has 0 saturated heterocycles. The number of alkyl halides is 3. The highest BCUT2D eigenvalue weighted by Crippen LogP contribution is 2.39. The fourth-order valence-corrected chi connectivity index (χ4v) is 3.72. The predicted molar refractivity (Wildman–Crippen MR) is 133 cm³/mol. The van der Waals surface area contributed by atoms with Gasteiger partial charge >= 0.3 is 12.1 Å². The highest BCUT2D eigenvalue weighted by molar-refractivity contribution is 6.35. The number of esters is 1. The van der Waals surface area contributed by atoms with Gasteiger partial charge in [0.1, 0.15) is 28.6 Å². The third-order valence-corrected chi connectivity index (χ3v) is 5.64. The van der Waals surface area contributed by atoms with Gasteiger partial charge in [-0.25, -0.2) is 4.79 Å². The van der Waals surface area contributed by atoms with Crippen molar-refractivity contribution in [2.24, 2.45) is 0 Å². The minimum Gasteiger partial charge on any atom is -0.497 e. The van der Waals surface area contributed by atoms with E-state index in [1.54, 1.807) is 0 Å². The van der Waals surface area contributed by atoms with Gasteiger partial charge in [-0.2, -0.15) is 13.2 Å². The SMILES string of the molecule is COc1ccc(Oc2c(C(F)(F)F)oc3cc(OC(=O)C(C)Oc4ccc(Cl)cc4Cl)ccc3c2=O)cc1. The average Bonchev–Trinajstić information content (AvgIpc) is 2.87. The van der Waals surface area contributed by atoms with Gasteiger partial charge in [0.05, 0.1) is 17.5 Å². The molecule has 1 aromatic heterocycles. The summed E-state index contributed by atoms with van der Waals surface area (Å²) in [6.45, 7) is 1.39. The molecule has 1 heterocycles. The molecule has 1 unspecified atom stereocenters. The summed E-state index contributed by atoms with van der Waals surface area (Å²) in [6.07, 6.45) is -6.22. The summed E-state index contributed by atoms with van der Waals surface area (Å²) in [5.41, 5.74) is -1.54. The molecule has 4 rings (SSSR count). The molecule has 0 amide bonds. The summed E-state index contributed by atoms with van der Waals surface area (Å²) in [7, 11) is 1.42. The first kappa shape index (κ1) is 27.2. The Bertz CT molecular complexity index is 1550. The molecular formula is C26H17Cl2F3O7. The first-order valence-corrected chi connectivity index (χ1v) is 11.5. The second kappa shape index (κ2) is 10.8. The molecule has 0 bridgehead atoms. The lowest BCUT2D eigenvalue weighted by Crippen LogP contribution is -2.28. The number of methoxy groups -OCH3 is 1. The van der Waals surface area contributed by atoms with Crippen molar-refractivity contribution in [1.82, 2.24) is 0 Å². The Labute approximate surface area is 223 Å². The Morgan fingerprint density at radius 3 is 2.24 bits per heavy atom. The molecule has 0 radical (unpaired) electrons. The maximum absolute atomic E-state index is 13.8. The number of halogens is 5. The number of fused-ring (bicyclic) bond motifs is 1. The van der Waals surface area contributed by atoms with Crippen molar-refractivity contribution in [3.05, 3.63) is 86.7 Å². The van der Waals surface area contributed by atoms with Crippen LogP contribution in [-0.4, -0.2) is 19.2 Å². The van der Waals surface area contributed by atoms with Crippen LogP contribution in [0.4, 0.5) is 13.2 Å². The van der Waals surface area contributed by atoms with E-state index < -0.39 is 40.8 Å². The standard InChI is InChI=1S/C26H17Cl2F3O7/c1-13(35-20-10-3-14(27)11-19(20)28)25(33)37-17-8-9-18-21(12-17)38-24(26(29,30)31)23(22(18)32)36-16-6-4-15(34-2)5-7-16/h3-13H,1-2H3. The van der Waals surface area contributed by atoms with Crippen LogP contribution in [0.5, 0.6) is 28.7 Å². The molecule has 38 heavy (non-hydrogen) atoms. The van der Waals surface area contributed by atoms with E-state index in [4.69, 9.17) is 46.6 Å². The van der Waals surface area contributed by atoms with Crippen LogP contribution in [0.1, 0.15) is 12.7 Å². The molecule has 0 aliphatic carbocycles. The fourth-order valence-electron chi connectivity index (χ4n) is 3.27. The highest BCUT2D eigenvalue weighted by atomic mass is 35.5. The van der Waals surface area contributed by atoms with Crippen LogP contribution in [0.25, 0.3) is 11.0 Å². The molecule has 0 aliphatic rings. The molecule has 0 saturated carbocycles. The van der Waals surface area contributed by atoms with Crippen molar-refractivity contribution in [2.45, 2.75) is 19.2 Å². The third-order valence-electron chi connectivity index (χ3n) is 5.11. The molecule has 7 nitrogen and oxygen atoms in total. The minimum atomic E-state index is -5.07. The molecule has 0 N–H and O–H groups in total. The third kappa shape index (κ3) is 5.98.